The molecule has 0 N–H and O–H groups in total. The predicted molar refractivity (Wildman–Crippen MR) is 188 cm³/mol. The van der Waals surface area contributed by atoms with E-state index in [4.69, 9.17) is 8.83 Å². The van der Waals surface area contributed by atoms with Gasteiger partial charge in [0.05, 0.1) is 0 Å². The molecule has 9 aromatic rings. The summed E-state index contributed by atoms with van der Waals surface area (Å²) in [5.41, 5.74) is 3.61. The Balaban J connectivity index is 0.971. The molecule has 0 aliphatic rings. The van der Waals surface area contributed by atoms with Crippen molar-refractivity contribution in [1.82, 2.24) is 20.4 Å². The number of rotatable bonds is 6. The van der Waals surface area contributed by atoms with Crippen LogP contribution >= 0.6 is 0 Å². The van der Waals surface area contributed by atoms with Crippen LogP contribution in [0.1, 0.15) is 0 Å². The molecule has 0 amide bonds. The lowest BCUT2D eigenvalue weighted by Crippen LogP contribution is -2.27. The maximum absolute atomic E-state index is 6.24. The van der Waals surface area contributed by atoms with E-state index in [1.54, 1.807) is 0 Å². The van der Waals surface area contributed by atoms with Gasteiger partial charge in [0.15, 0.2) is 0 Å². The Labute approximate surface area is 272 Å². The Hall–Kier alpha value is -6.18. The molecule has 0 saturated carbocycles. The lowest BCUT2D eigenvalue weighted by Gasteiger charge is -2.04. The van der Waals surface area contributed by atoms with Crippen molar-refractivity contribution in [2.75, 3.05) is 0 Å². The van der Waals surface area contributed by atoms with Crippen molar-refractivity contribution in [3.05, 3.63) is 146 Å². The highest BCUT2D eigenvalue weighted by atomic mass is 28.2. The van der Waals surface area contributed by atoms with Crippen molar-refractivity contribution < 1.29 is 8.83 Å². The van der Waals surface area contributed by atoms with Crippen LogP contribution in [0.25, 0.3) is 78.1 Å². The molecule has 2 aromatic heterocycles. The van der Waals surface area contributed by atoms with Crippen LogP contribution < -0.4 is 10.4 Å². The molecule has 0 fully saturated rings. The van der Waals surface area contributed by atoms with Crippen LogP contribution in [-0.2, 0) is 0 Å². The number of fused-ring (bicyclic) bond motifs is 3. The van der Waals surface area contributed by atoms with E-state index in [9.17, 15) is 0 Å². The standard InChI is InChI=1S/C40H24N4O2Si/c1-3-9-28-23-30(15-13-25(28)7-1)38-42-41-37(45-38)27-17-19-32(20-18-27)47-36-22-21-35(33-11-5-6-12-34(33)36)40-44-43-39(46-40)31-16-14-26-8-2-4-10-29(26)24-31/h1-24H/q+1. The SMILES string of the molecule is c1ccc2cc(-c3nnc(-c4ccc([Si+]c5ccc(-c6nnc(-c7ccc8ccccc8c7)o6)c6ccccc56)cc4)o3)ccc2c1. The highest BCUT2D eigenvalue weighted by Crippen LogP contribution is 2.31. The van der Waals surface area contributed by atoms with E-state index < -0.39 is 0 Å². The minimum atomic E-state index is 0.452. The average Bonchev–Trinajstić information content (AvgIpc) is 3.83. The van der Waals surface area contributed by atoms with Gasteiger partial charge in [0.1, 0.15) is 10.4 Å². The molecular weight excluding hydrogens is 597 g/mol. The first-order chi connectivity index (χ1) is 23.2. The zero-order chi connectivity index (χ0) is 31.2. The van der Waals surface area contributed by atoms with Crippen LogP contribution in [0, 0.1) is 0 Å². The molecule has 0 spiro atoms. The fourth-order valence-electron chi connectivity index (χ4n) is 6.00. The number of benzene rings is 7. The Bertz CT molecular complexity index is 2570. The van der Waals surface area contributed by atoms with Crippen LogP contribution in [-0.4, -0.2) is 29.9 Å². The molecule has 0 saturated heterocycles. The summed E-state index contributed by atoms with van der Waals surface area (Å²) < 4.78 is 12.3. The third-order valence-electron chi connectivity index (χ3n) is 8.41. The van der Waals surface area contributed by atoms with Crippen LogP contribution in [0.4, 0.5) is 0 Å². The van der Waals surface area contributed by atoms with Gasteiger partial charge in [0.2, 0.25) is 23.6 Å². The minimum Gasteiger partial charge on any atom is -0.416 e. The van der Waals surface area contributed by atoms with E-state index in [1.165, 1.54) is 21.1 Å². The van der Waals surface area contributed by atoms with Gasteiger partial charge in [0, 0.05) is 27.6 Å². The molecule has 0 bridgehead atoms. The van der Waals surface area contributed by atoms with Crippen molar-refractivity contribution in [2.24, 2.45) is 0 Å². The maximum Gasteiger partial charge on any atom is 0.568 e. The number of aromatic nitrogens is 4. The summed E-state index contributed by atoms with van der Waals surface area (Å²) in [7, 11) is 0.452. The maximum atomic E-state index is 6.24. The fraction of sp³-hybridized carbons (Fsp3) is 0. The Morgan fingerprint density at radius 2 is 0.872 bits per heavy atom. The summed E-state index contributed by atoms with van der Waals surface area (Å²) in [6, 6.07) is 49.8. The molecule has 9 rings (SSSR count). The zero-order valence-electron chi connectivity index (χ0n) is 25.0. The smallest absolute Gasteiger partial charge is 0.416 e. The van der Waals surface area contributed by atoms with Crippen LogP contribution in [0.15, 0.2) is 154 Å². The molecule has 0 atom stereocenters. The van der Waals surface area contributed by atoms with Crippen molar-refractivity contribution in [3.8, 4) is 45.8 Å². The van der Waals surface area contributed by atoms with Gasteiger partial charge in [-0.05, 0) is 87.6 Å². The summed E-state index contributed by atoms with van der Waals surface area (Å²) in [6.07, 6.45) is 0. The second-order valence-corrected chi connectivity index (χ2v) is 12.7. The number of nitrogens with zero attached hydrogens (tertiary/aromatic N) is 4. The second kappa shape index (κ2) is 11.3. The van der Waals surface area contributed by atoms with Crippen molar-refractivity contribution in [3.63, 3.8) is 0 Å². The summed E-state index contributed by atoms with van der Waals surface area (Å²) in [5, 5.41) is 26.8. The van der Waals surface area contributed by atoms with Crippen LogP contribution in [0.3, 0.4) is 0 Å². The van der Waals surface area contributed by atoms with E-state index >= 15 is 0 Å². The molecule has 7 aromatic carbocycles. The first-order valence-corrected chi connectivity index (χ1v) is 16.3. The molecule has 7 heteroatoms. The molecule has 47 heavy (non-hydrogen) atoms. The normalized spacial score (nSPS) is 11.4. The van der Waals surface area contributed by atoms with Gasteiger partial charge in [-0.1, -0.05) is 84.9 Å². The molecule has 1 radical (unpaired) electrons. The van der Waals surface area contributed by atoms with Crippen molar-refractivity contribution >= 4 is 52.2 Å². The van der Waals surface area contributed by atoms with Crippen molar-refractivity contribution in [2.45, 2.75) is 0 Å². The summed E-state index contributed by atoms with van der Waals surface area (Å²) in [4.78, 5) is 0. The third-order valence-corrected chi connectivity index (χ3v) is 9.74. The number of hydrogen-bond acceptors (Lipinski definition) is 6. The van der Waals surface area contributed by atoms with E-state index in [0.717, 1.165) is 43.8 Å². The van der Waals surface area contributed by atoms with Crippen LogP contribution in [0.2, 0.25) is 0 Å². The Morgan fingerprint density at radius 1 is 0.383 bits per heavy atom. The van der Waals surface area contributed by atoms with Gasteiger partial charge < -0.3 is 8.83 Å². The average molecular weight is 621 g/mol. The van der Waals surface area contributed by atoms with E-state index in [-0.39, 0.29) is 0 Å². The van der Waals surface area contributed by atoms with Crippen molar-refractivity contribution in [1.29, 1.82) is 0 Å². The predicted octanol–water partition coefficient (Wildman–Crippen LogP) is 8.24. The quantitative estimate of drug-likeness (QED) is 0.174. The zero-order valence-corrected chi connectivity index (χ0v) is 26.0. The number of hydrogen-bond donors (Lipinski definition) is 0. The highest BCUT2D eigenvalue weighted by molar-refractivity contribution is 6.70. The van der Waals surface area contributed by atoms with Gasteiger partial charge in [-0.2, -0.15) is 0 Å². The van der Waals surface area contributed by atoms with Gasteiger partial charge in [-0.25, -0.2) is 0 Å². The Morgan fingerprint density at radius 3 is 1.51 bits per heavy atom. The molecule has 219 valence electrons. The summed E-state index contributed by atoms with van der Waals surface area (Å²) in [6.45, 7) is 0. The minimum absolute atomic E-state index is 0.452. The summed E-state index contributed by atoms with van der Waals surface area (Å²) in [5.74, 6) is 2.02. The lowest BCUT2D eigenvalue weighted by molar-refractivity contribution is 0.584. The fourth-order valence-corrected chi connectivity index (χ4v) is 7.16. The lowest BCUT2D eigenvalue weighted by atomic mass is 10.0. The summed E-state index contributed by atoms with van der Waals surface area (Å²) >= 11 is 0. The first kappa shape index (κ1) is 27.2. The highest BCUT2D eigenvalue weighted by Gasteiger charge is 2.24. The molecule has 0 unspecified atom stereocenters. The largest absolute Gasteiger partial charge is 0.568 e. The van der Waals surface area contributed by atoms with Crippen LogP contribution in [0.5, 0.6) is 0 Å². The van der Waals surface area contributed by atoms with E-state index in [0.29, 0.717) is 33.1 Å². The molecule has 0 aliphatic carbocycles. The molecular formula is C40H24N4O2Si+. The third kappa shape index (κ3) is 5.09. The van der Waals surface area contributed by atoms with E-state index in [1.807, 2.05) is 54.6 Å². The second-order valence-electron chi connectivity index (χ2n) is 11.4. The van der Waals surface area contributed by atoms with Gasteiger partial charge in [-0.15, -0.1) is 20.4 Å². The Kier molecular flexibility index (Phi) is 6.54. The van der Waals surface area contributed by atoms with Gasteiger partial charge in [-0.3, -0.25) is 0 Å². The molecule has 0 aliphatic heterocycles. The van der Waals surface area contributed by atoms with Gasteiger partial charge in [0.25, 0.3) is 0 Å². The monoisotopic (exact) mass is 620 g/mol. The topological polar surface area (TPSA) is 77.8 Å². The van der Waals surface area contributed by atoms with E-state index in [2.05, 4.69) is 111 Å². The van der Waals surface area contributed by atoms with Gasteiger partial charge >= 0.3 is 9.52 Å². The molecule has 2 heterocycles. The molecule has 6 nitrogen and oxygen atoms in total. The first-order valence-electron chi connectivity index (χ1n) is 15.3.